The van der Waals surface area contributed by atoms with Gasteiger partial charge >= 0.3 is 0 Å². The Labute approximate surface area is 71.2 Å². The first kappa shape index (κ1) is 7.35. The molecule has 0 spiro atoms. The van der Waals surface area contributed by atoms with Gasteiger partial charge in [0.15, 0.2) is 0 Å². The van der Waals surface area contributed by atoms with E-state index in [1.165, 1.54) is 0 Å². The summed E-state index contributed by atoms with van der Waals surface area (Å²) < 4.78 is 5.40. The first-order valence-electron chi connectivity index (χ1n) is 4.09. The monoisotopic (exact) mass is 162 g/mol. The highest BCUT2D eigenvalue weighted by Crippen LogP contribution is 2.31. The van der Waals surface area contributed by atoms with Gasteiger partial charge in [-0.25, -0.2) is 0 Å². The Kier molecular flexibility index (Phi) is 1.82. The van der Waals surface area contributed by atoms with E-state index in [9.17, 15) is 4.79 Å². The van der Waals surface area contributed by atoms with Crippen LogP contribution in [0.5, 0.6) is 5.75 Å². The maximum absolute atomic E-state index is 10.7. The summed E-state index contributed by atoms with van der Waals surface area (Å²) in [7, 11) is 0. The molecule has 0 radical (unpaired) electrons. The summed E-state index contributed by atoms with van der Waals surface area (Å²) in [6.45, 7) is 0.653. The predicted octanol–water partition coefficient (Wildman–Crippen LogP) is 1.75. The summed E-state index contributed by atoms with van der Waals surface area (Å²) in [6, 6.07) is 7.72. The van der Waals surface area contributed by atoms with E-state index in [2.05, 4.69) is 0 Å². The quantitative estimate of drug-likeness (QED) is 0.588. The molecular weight excluding hydrogens is 152 g/mol. The molecule has 0 fully saturated rings. The van der Waals surface area contributed by atoms with E-state index in [-0.39, 0.29) is 5.92 Å². The Morgan fingerprint density at radius 2 is 2.25 bits per heavy atom. The van der Waals surface area contributed by atoms with Crippen LogP contribution in [0.3, 0.4) is 0 Å². The highest BCUT2D eigenvalue weighted by molar-refractivity contribution is 5.65. The molecule has 1 aliphatic heterocycles. The molecule has 0 bridgehead atoms. The second-order valence-electron chi connectivity index (χ2n) is 2.92. The second-order valence-corrected chi connectivity index (χ2v) is 2.92. The third-order valence-electron chi connectivity index (χ3n) is 2.17. The van der Waals surface area contributed by atoms with Gasteiger partial charge in [-0.15, -0.1) is 0 Å². The molecule has 0 N–H and O–H groups in total. The van der Waals surface area contributed by atoms with Gasteiger partial charge in [0.25, 0.3) is 0 Å². The fourth-order valence-corrected chi connectivity index (χ4v) is 1.51. The lowest BCUT2D eigenvalue weighted by Crippen LogP contribution is -2.14. The van der Waals surface area contributed by atoms with Crippen LogP contribution in [0.2, 0.25) is 0 Å². The number of fused-ring (bicyclic) bond motifs is 1. The third kappa shape index (κ3) is 1.09. The van der Waals surface area contributed by atoms with Crippen LogP contribution in [0, 0.1) is 0 Å². The van der Waals surface area contributed by atoms with Gasteiger partial charge in [0, 0.05) is 11.5 Å². The fraction of sp³-hybridized carbons (Fsp3) is 0.300. The average molecular weight is 162 g/mol. The van der Waals surface area contributed by atoms with Gasteiger partial charge in [-0.1, -0.05) is 18.2 Å². The zero-order valence-corrected chi connectivity index (χ0v) is 6.69. The molecule has 1 heterocycles. The van der Waals surface area contributed by atoms with Gasteiger partial charge < -0.3 is 9.53 Å². The van der Waals surface area contributed by atoms with Crippen molar-refractivity contribution < 1.29 is 9.53 Å². The van der Waals surface area contributed by atoms with Crippen LogP contribution in [0.4, 0.5) is 0 Å². The van der Waals surface area contributed by atoms with Crippen molar-refractivity contribution in [3.63, 3.8) is 0 Å². The molecule has 0 saturated heterocycles. The Bertz CT molecular complexity index is 294. The van der Waals surface area contributed by atoms with Gasteiger partial charge in [-0.05, 0) is 12.5 Å². The van der Waals surface area contributed by atoms with Crippen molar-refractivity contribution >= 4 is 6.29 Å². The van der Waals surface area contributed by atoms with Crippen LogP contribution < -0.4 is 4.74 Å². The molecule has 1 aromatic carbocycles. The number of benzene rings is 1. The Morgan fingerprint density at radius 3 is 3.08 bits per heavy atom. The highest BCUT2D eigenvalue weighted by atomic mass is 16.5. The molecule has 2 heteroatoms. The van der Waals surface area contributed by atoms with Crippen LogP contribution in [0.1, 0.15) is 17.9 Å². The Balaban J connectivity index is 2.43. The maximum Gasteiger partial charge on any atom is 0.127 e. The Hall–Kier alpha value is -1.31. The molecule has 1 aromatic rings. The predicted molar refractivity (Wildman–Crippen MR) is 45.4 cm³/mol. The third-order valence-corrected chi connectivity index (χ3v) is 2.17. The van der Waals surface area contributed by atoms with Gasteiger partial charge in [-0.3, -0.25) is 0 Å². The number of carbonyl (C=O) groups is 1. The van der Waals surface area contributed by atoms with E-state index < -0.39 is 0 Å². The zero-order valence-electron chi connectivity index (χ0n) is 6.69. The summed E-state index contributed by atoms with van der Waals surface area (Å²) in [5, 5.41) is 0. The van der Waals surface area contributed by atoms with Crippen molar-refractivity contribution in [1.82, 2.24) is 0 Å². The van der Waals surface area contributed by atoms with E-state index in [4.69, 9.17) is 4.74 Å². The minimum absolute atomic E-state index is 0.0370. The topological polar surface area (TPSA) is 26.3 Å². The highest BCUT2D eigenvalue weighted by Gasteiger charge is 2.19. The van der Waals surface area contributed by atoms with E-state index in [1.807, 2.05) is 24.3 Å². The van der Waals surface area contributed by atoms with Crippen molar-refractivity contribution in [1.29, 1.82) is 0 Å². The van der Waals surface area contributed by atoms with Crippen LogP contribution in [-0.4, -0.2) is 12.9 Å². The number of carbonyl (C=O) groups excluding carboxylic acids is 1. The van der Waals surface area contributed by atoms with Crippen molar-refractivity contribution in [3.05, 3.63) is 29.8 Å². The molecule has 0 aromatic heterocycles. The van der Waals surface area contributed by atoms with Crippen molar-refractivity contribution in [2.75, 3.05) is 6.61 Å². The summed E-state index contributed by atoms with van der Waals surface area (Å²) in [6.07, 6.45) is 1.81. The van der Waals surface area contributed by atoms with Gasteiger partial charge in [0.05, 0.1) is 6.61 Å². The summed E-state index contributed by atoms with van der Waals surface area (Å²) in [5.74, 6) is 0.899. The van der Waals surface area contributed by atoms with Crippen LogP contribution in [-0.2, 0) is 4.79 Å². The van der Waals surface area contributed by atoms with Crippen molar-refractivity contribution in [2.24, 2.45) is 0 Å². The van der Waals surface area contributed by atoms with Crippen LogP contribution in [0.15, 0.2) is 24.3 Å². The maximum atomic E-state index is 10.7. The lowest BCUT2D eigenvalue weighted by atomic mass is 9.95. The van der Waals surface area contributed by atoms with Crippen LogP contribution in [0.25, 0.3) is 0 Å². The molecule has 0 saturated carbocycles. The molecular formula is C10H10O2. The smallest absolute Gasteiger partial charge is 0.127 e. The second kappa shape index (κ2) is 2.97. The van der Waals surface area contributed by atoms with Gasteiger partial charge in [-0.2, -0.15) is 0 Å². The number of hydrogen-bond acceptors (Lipinski definition) is 2. The number of para-hydroxylation sites is 1. The first-order valence-corrected chi connectivity index (χ1v) is 4.09. The van der Waals surface area contributed by atoms with Gasteiger partial charge in [0.2, 0.25) is 0 Å². The van der Waals surface area contributed by atoms with Crippen molar-refractivity contribution in [3.8, 4) is 5.75 Å². The Morgan fingerprint density at radius 1 is 1.42 bits per heavy atom. The number of rotatable bonds is 1. The summed E-state index contributed by atoms with van der Waals surface area (Å²) in [5.41, 5.74) is 1.03. The number of aldehydes is 1. The molecule has 2 rings (SSSR count). The summed E-state index contributed by atoms with van der Waals surface area (Å²) in [4.78, 5) is 10.7. The minimum atomic E-state index is 0.0370. The van der Waals surface area contributed by atoms with E-state index >= 15 is 0 Å². The largest absolute Gasteiger partial charge is 0.493 e. The minimum Gasteiger partial charge on any atom is -0.493 e. The standard InChI is InChI=1S/C10H10O2/c11-7-8-5-6-12-10-4-2-1-3-9(8)10/h1-4,7-8H,5-6H2/t8-/m1/s1. The SMILES string of the molecule is O=C[C@H]1CCOc2ccccc21. The molecule has 0 amide bonds. The molecule has 12 heavy (non-hydrogen) atoms. The summed E-state index contributed by atoms with van der Waals surface area (Å²) >= 11 is 0. The molecule has 62 valence electrons. The molecule has 0 aliphatic carbocycles. The normalized spacial score (nSPS) is 20.8. The average Bonchev–Trinajstić information content (AvgIpc) is 2.17. The fourth-order valence-electron chi connectivity index (χ4n) is 1.51. The number of ether oxygens (including phenoxy) is 1. The zero-order chi connectivity index (χ0) is 8.39. The van der Waals surface area contributed by atoms with Crippen LogP contribution >= 0.6 is 0 Å². The molecule has 2 nitrogen and oxygen atoms in total. The van der Waals surface area contributed by atoms with Crippen molar-refractivity contribution in [2.45, 2.75) is 12.3 Å². The van der Waals surface area contributed by atoms with Gasteiger partial charge in [0.1, 0.15) is 12.0 Å². The van der Waals surface area contributed by atoms with E-state index in [0.717, 1.165) is 24.0 Å². The lowest BCUT2D eigenvalue weighted by molar-refractivity contribution is -0.109. The number of hydrogen-bond donors (Lipinski definition) is 0. The lowest BCUT2D eigenvalue weighted by Gasteiger charge is -2.21. The first-order chi connectivity index (χ1) is 5.92. The molecule has 0 unspecified atom stereocenters. The molecule has 1 aliphatic rings. The molecule has 1 atom stereocenters. The van der Waals surface area contributed by atoms with E-state index in [0.29, 0.717) is 6.61 Å². The van der Waals surface area contributed by atoms with E-state index in [1.54, 1.807) is 0 Å².